The topological polar surface area (TPSA) is 81.4 Å². The molecule has 0 spiro atoms. The van der Waals surface area contributed by atoms with Crippen LogP contribution in [0, 0.1) is 6.92 Å². The van der Waals surface area contributed by atoms with Crippen molar-refractivity contribution in [3.05, 3.63) is 11.8 Å². The minimum absolute atomic E-state index is 0.168. The molecule has 0 aromatic carbocycles. The number of carbonyl (C=O) groups excluding carboxylic acids is 1. The molecule has 19 heavy (non-hydrogen) atoms. The van der Waals surface area contributed by atoms with Crippen LogP contribution in [-0.2, 0) is 16.1 Å². The third kappa shape index (κ3) is 3.54. The minimum atomic E-state index is -0.989. The summed E-state index contributed by atoms with van der Waals surface area (Å²) in [6.45, 7) is 4.16. The number of aryl methyl sites for hydroxylation is 2. The molecule has 1 rings (SSSR count). The summed E-state index contributed by atoms with van der Waals surface area (Å²) in [6.07, 6.45) is -0.820. The molecule has 0 fully saturated rings. The predicted octanol–water partition coefficient (Wildman–Crippen LogP) is 1.39. The van der Waals surface area contributed by atoms with E-state index >= 15 is 0 Å². The summed E-state index contributed by atoms with van der Waals surface area (Å²) in [5.41, 5.74) is 0.714. The number of nitrogens with zero attached hydrogens (tertiary/aromatic N) is 3. The number of hydrogen-bond acceptors (Lipinski definition) is 4. The third-order valence-corrected chi connectivity index (χ3v) is 2.76. The number of amides is 1. The normalized spacial score (nSPS) is 11.4. The summed E-state index contributed by atoms with van der Waals surface area (Å²) in [5.74, 6) is 0.205. The second-order valence-corrected chi connectivity index (χ2v) is 4.66. The number of quaternary nitrogens is 1. The highest BCUT2D eigenvalue weighted by molar-refractivity contribution is 5.78. The lowest BCUT2D eigenvalue weighted by molar-refractivity contribution is -0.143. The van der Waals surface area contributed by atoms with Crippen molar-refractivity contribution in [3.8, 4) is 0 Å². The Morgan fingerprint density at radius 3 is 2.63 bits per heavy atom. The zero-order valence-electron chi connectivity index (χ0n) is 11.7. The summed E-state index contributed by atoms with van der Waals surface area (Å²) in [7, 11) is 3.11. The molecule has 0 aliphatic carbocycles. The Labute approximate surface area is 112 Å². The zero-order chi connectivity index (χ0) is 14.6. The van der Waals surface area contributed by atoms with Gasteiger partial charge in [0, 0.05) is 6.07 Å². The van der Waals surface area contributed by atoms with E-state index in [1.54, 1.807) is 38.7 Å². The van der Waals surface area contributed by atoms with E-state index in [1.165, 1.54) is 0 Å². The molecular weight excluding hydrogens is 250 g/mol. The summed E-state index contributed by atoms with van der Waals surface area (Å²) in [6, 6.07) is 1.71. The maximum absolute atomic E-state index is 11.3. The first-order chi connectivity index (χ1) is 8.78. The fraction of sp³-hybridized carbons (Fsp3) is 0.583. The molecule has 0 atom stereocenters. The van der Waals surface area contributed by atoms with E-state index < -0.39 is 6.09 Å². The van der Waals surface area contributed by atoms with E-state index in [2.05, 4.69) is 5.10 Å². The summed E-state index contributed by atoms with van der Waals surface area (Å²) in [4.78, 5) is 22.6. The number of rotatable bonds is 5. The largest absolute Gasteiger partial charge is 0.519 e. The van der Waals surface area contributed by atoms with Crippen LogP contribution in [0.3, 0.4) is 0 Å². The van der Waals surface area contributed by atoms with Crippen LogP contribution in [0.1, 0.15) is 19.0 Å². The van der Waals surface area contributed by atoms with Gasteiger partial charge in [-0.05, 0) is 13.8 Å². The van der Waals surface area contributed by atoms with E-state index in [-0.39, 0.29) is 16.9 Å². The molecule has 0 unspecified atom stereocenters. The molecule has 0 saturated heterocycles. The highest BCUT2D eigenvalue weighted by Gasteiger charge is 2.33. The predicted molar refractivity (Wildman–Crippen MR) is 69.9 cm³/mol. The quantitative estimate of drug-likeness (QED) is 0.646. The Bertz CT molecular complexity index is 479. The molecule has 0 radical (unpaired) electrons. The Kier molecular flexibility index (Phi) is 4.66. The highest BCUT2D eigenvalue weighted by Crippen LogP contribution is 2.21. The molecule has 106 valence electrons. The smallest absolute Gasteiger partial charge is 0.466 e. The van der Waals surface area contributed by atoms with Crippen LogP contribution in [0.2, 0.25) is 0 Å². The molecule has 1 amide bonds. The molecule has 0 saturated carbocycles. The number of aromatic nitrogens is 2. The molecule has 1 heterocycles. The summed E-state index contributed by atoms with van der Waals surface area (Å²) in [5, 5.41) is 13.5. The lowest BCUT2D eigenvalue weighted by Crippen LogP contribution is -2.47. The van der Waals surface area contributed by atoms with Gasteiger partial charge in [0.05, 0.1) is 39.4 Å². The molecule has 1 aromatic rings. The van der Waals surface area contributed by atoms with Crippen LogP contribution in [0.4, 0.5) is 10.6 Å². The van der Waals surface area contributed by atoms with Crippen molar-refractivity contribution in [2.24, 2.45) is 0 Å². The number of hydrogen-bond donors (Lipinski definition) is 1. The van der Waals surface area contributed by atoms with Gasteiger partial charge in [-0.1, -0.05) is 0 Å². The Morgan fingerprint density at radius 1 is 1.47 bits per heavy atom. The van der Waals surface area contributed by atoms with Crippen LogP contribution < -0.4 is 4.48 Å². The van der Waals surface area contributed by atoms with Crippen molar-refractivity contribution in [3.63, 3.8) is 0 Å². The van der Waals surface area contributed by atoms with Gasteiger partial charge in [0.1, 0.15) is 0 Å². The van der Waals surface area contributed by atoms with Gasteiger partial charge in [-0.25, -0.2) is 4.68 Å². The van der Waals surface area contributed by atoms with Crippen molar-refractivity contribution < 1.29 is 19.4 Å². The maximum atomic E-state index is 11.3. The first kappa shape index (κ1) is 15.2. The number of ether oxygens (including phenoxy) is 1. The van der Waals surface area contributed by atoms with E-state index in [0.717, 1.165) is 0 Å². The van der Waals surface area contributed by atoms with E-state index in [0.29, 0.717) is 24.7 Å². The van der Waals surface area contributed by atoms with Gasteiger partial charge in [0.25, 0.3) is 0 Å². The second kappa shape index (κ2) is 5.83. The van der Waals surface area contributed by atoms with Crippen molar-refractivity contribution in [2.45, 2.75) is 26.8 Å². The minimum Gasteiger partial charge on any atom is -0.466 e. The van der Waals surface area contributed by atoms with Crippen LogP contribution in [0.15, 0.2) is 6.07 Å². The Morgan fingerprint density at radius 2 is 2.11 bits per heavy atom. The van der Waals surface area contributed by atoms with Crippen molar-refractivity contribution in [2.75, 3.05) is 20.7 Å². The molecule has 0 bridgehead atoms. The highest BCUT2D eigenvalue weighted by atomic mass is 16.5. The van der Waals surface area contributed by atoms with Crippen LogP contribution >= 0.6 is 0 Å². The lowest BCUT2D eigenvalue weighted by atomic mass is 10.4. The Hall–Kier alpha value is -1.89. The number of esters is 1. The van der Waals surface area contributed by atoms with Gasteiger partial charge >= 0.3 is 12.1 Å². The average Bonchev–Trinajstić information content (AvgIpc) is 2.68. The average molecular weight is 270 g/mol. The lowest BCUT2D eigenvalue weighted by Gasteiger charge is -2.22. The van der Waals surface area contributed by atoms with Crippen molar-refractivity contribution >= 4 is 17.9 Å². The van der Waals surface area contributed by atoms with Crippen LogP contribution in [-0.4, -0.2) is 47.7 Å². The number of carboxylic acid groups (broad SMARTS) is 1. The molecule has 1 N–H and O–H groups in total. The van der Waals surface area contributed by atoms with Gasteiger partial charge in [-0.3, -0.25) is 4.79 Å². The van der Waals surface area contributed by atoms with Crippen LogP contribution in [0.5, 0.6) is 0 Å². The fourth-order valence-corrected chi connectivity index (χ4v) is 1.67. The monoisotopic (exact) mass is 270 g/mol. The van der Waals surface area contributed by atoms with Crippen molar-refractivity contribution in [1.29, 1.82) is 0 Å². The van der Waals surface area contributed by atoms with E-state index in [1.807, 2.05) is 0 Å². The summed E-state index contributed by atoms with van der Waals surface area (Å²) >= 11 is 0. The molecule has 1 aromatic heterocycles. The molecule has 7 heteroatoms. The Balaban J connectivity index is 2.91. The molecular formula is C12H20N3O4+. The fourth-order valence-electron chi connectivity index (χ4n) is 1.67. The van der Waals surface area contributed by atoms with Crippen LogP contribution in [0.25, 0.3) is 0 Å². The molecule has 0 aliphatic heterocycles. The molecule has 0 aliphatic rings. The van der Waals surface area contributed by atoms with E-state index in [4.69, 9.17) is 4.74 Å². The maximum Gasteiger partial charge on any atom is 0.519 e. The van der Waals surface area contributed by atoms with E-state index in [9.17, 15) is 14.7 Å². The first-order valence-corrected chi connectivity index (χ1v) is 6.07. The molecule has 7 nitrogen and oxygen atoms in total. The second-order valence-electron chi connectivity index (χ2n) is 4.66. The summed E-state index contributed by atoms with van der Waals surface area (Å²) < 4.78 is 6.04. The standard InChI is InChI=1S/C12H19N3O4/c1-5-19-11(16)6-7-14-10(8-9(2)13-14)15(3,4)12(17)18/h8H,5-7H2,1-4H3/p+1. The number of carbonyl (C=O) groups is 2. The van der Waals surface area contributed by atoms with Gasteiger partial charge in [0.2, 0.25) is 5.82 Å². The third-order valence-electron chi connectivity index (χ3n) is 2.76. The SMILES string of the molecule is CCOC(=O)CCn1nc(C)cc1[N+](C)(C)C(=O)O. The van der Waals surface area contributed by atoms with Crippen molar-refractivity contribution in [1.82, 2.24) is 14.3 Å². The van der Waals surface area contributed by atoms with Gasteiger partial charge in [0.15, 0.2) is 0 Å². The van der Waals surface area contributed by atoms with Gasteiger partial charge < -0.3 is 9.84 Å². The van der Waals surface area contributed by atoms with Gasteiger partial charge in [-0.2, -0.15) is 14.4 Å². The zero-order valence-corrected chi connectivity index (χ0v) is 11.7. The van der Waals surface area contributed by atoms with Gasteiger partial charge in [-0.15, -0.1) is 0 Å². The first-order valence-electron chi connectivity index (χ1n) is 6.07.